The smallest absolute Gasteiger partial charge is 0.223 e. The van der Waals surface area contributed by atoms with E-state index in [2.05, 4.69) is 5.32 Å². The molecule has 0 heterocycles. The van der Waals surface area contributed by atoms with Gasteiger partial charge >= 0.3 is 0 Å². The number of amides is 1. The van der Waals surface area contributed by atoms with E-state index in [0.29, 0.717) is 11.6 Å². The van der Waals surface area contributed by atoms with Gasteiger partial charge in [0.25, 0.3) is 0 Å². The van der Waals surface area contributed by atoms with E-state index in [-0.39, 0.29) is 36.9 Å². The van der Waals surface area contributed by atoms with E-state index in [9.17, 15) is 4.79 Å². The molecule has 1 aromatic rings. The summed E-state index contributed by atoms with van der Waals surface area (Å²) in [5.74, 6) is -0.0656. The maximum absolute atomic E-state index is 11.9. The van der Waals surface area contributed by atoms with Crippen molar-refractivity contribution in [1.82, 2.24) is 5.32 Å². The first kappa shape index (κ1) is 19.2. The number of carbonyl (C=O) groups is 1. The Bertz CT molecular complexity index is 412. The van der Waals surface area contributed by atoms with Gasteiger partial charge in [-0.25, -0.2) is 0 Å². The summed E-state index contributed by atoms with van der Waals surface area (Å²) in [5.41, 5.74) is 6.51. The Hall–Kier alpha value is -0.810. The molecule has 0 saturated carbocycles. The summed E-state index contributed by atoms with van der Waals surface area (Å²) in [6.07, 6.45) is 0.827. The molecule has 20 heavy (non-hydrogen) atoms. The van der Waals surface area contributed by atoms with Crippen LogP contribution in [0.15, 0.2) is 24.3 Å². The number of nitrogens with two attached hydrogens (primary N) is 1. The van der Waals surface area contributed by atoms with Crippen molar-refractivity contribution in [3.8, 4) is 0 Å². The first-order chi connectivity index (χ1) is 9.10. The molecule has 0 aliphatic heterocycles. The van der Waals surface area contributed by atoms with Crippen molar-refractivity contribution < 1.29 is 9.53 Å². The number of hydrogen-bond acceptors (Lipinski definition) is 3. The SMILES string of the molecule is CCC(NC(=O)CC(CN)OC)c1cccc(Cl)c1.Cl. The Morgan fingerprint density at radius 1 is 1.50 bits per heavy atom. The van der Waals surface area contributed by atoms with Crippen LogP contribution in [-0.2, 0) is 9.53 Å². The minimum atomic E-state index is -0.239. The Balaban J connectivity index is 0.00000361. The highest BCUT2D eigenvalue weighted by molar-refractivity contribution is 6.30. The molecule has 0 fully saturated rings. The summed E-state index contributed by atoms with van der Waals surface area (Å²) in [6, 6.07) is 7.48. The molecular formula is C14H22Cl2N2O2. The molecule has 0 aliphatic rings. The monoisotopic (exact) mass is 320 g/mol. The van der Waals surface area contributed by atoms with Gasteiger partial charge in [-0.3, -0.25) is 4.79 Å². The van der Waals surface area contributed by atoms with E-state index in [1.807, 2.05) is 31.2 Å². The molecule has 0 aromatic heterocycles. The summed E-state index contributed by atoms with van der Waals surface area (Å²) in [5, 5.41) is 3.64. The minimum Gasteiger partial charge on any atom is -0.380 e. The largest absolute Gasteiger partial charge is 0.380 e. The standard InChI is InChI=1S/C14H21ClN2O2.ClH/c1-3-13(10-5-4-6-11(15)7-10)17-14(18)8-12(9-16)19-2;/h4-7,12-13H,3,8-9,16H2,1-2H3,(H,17,18);1H. The van der Waals surface area contributed by atoms with Gasteiger partial charge in [0.1, 0.15) is 0 Å². The molecule has 0 aliphatic carbocycles. The van der Waals surface area contributed by atoms with E-state index in [1.165, 1.54) is 0 Å². The number of ether oxygens (including phenoxy) is 1. The highest BCUT2D eigenvalue weighted by Crippen LogP contribution is 2.20. The predicted molar refractivity (Wildman–Crippen MR) is 84.3 cm³/mol. The van der Waals surface area contributed by atoms with Crippen LogP contribution in [0, 0.1) is 0 Å². The molecule has 0 saturated heterocycles. The van der Waals surface area contributed by atoms with E-state index >= 15 is 0 Å². The van der Waals surface area contributed by atoms with Crippen LogP contribution >= 0.6 is 24.0 Å². The van der Waals surface area contributed by atoms with Gasteiger partial charge in [-0.2, -0.15) is 0 Å². The van der Waals surface area contributed by atoms with Gasteiger partial charge in [0, 0.05) is 18.7 Å². The van der Waals surface area contributed by atoms with Crippen LogP contribution < -0.4 is 11.1 Å². The highest BCUT2D eigenvalue weighted by Gasteiger charge is 2.16. The van der Waals surface area contributed by atoms with Crippen LogP contribution in [0.2, 0.25) is 5.02 Å². The first-order valence-corrected chi connectivity index (χ1v) is 6.76. The molecule has 0 bridgehead atoms. The molecule has 0 radical (unpaired) electrons. The molecule has 0 spiro atoms. The van der Waals surface area contributed by atoms with Gasteiger partial charge in [-0.05, 0) is 24.1 Å². The zero-order valence-electron chi connectivity index (χ0n) is 11.8. The normalized spacial score (nSPS) is 13.2. The van der Waals surface area contributed by atoms with Crippen molar-refractivity contribution in [2.24, 2.45) is 5.73 Å². The van der Waals surface area contributed by atoms with Gasteiger partial charge < -0.3 is 15.8 Å². The van der Waals surface area contributed by atoms with Crippen LogP contribution in [0.4, 0.5) is 0 Å². The first-order valence-electron chi connectivity index (χ1n) is 6.38. The molecular weight excluding hydrogens is 299 g/mol. The summed E-state index contributed by atoms with van der Waals surface area (Å²) < 4.78 is 5.10. The Morgan fingerprint density at radius 2 is 2.20 bits per heavy atom. The van der Waals surface area contributed by atoms with E-state index in [1.54, 1.807) is 7.11 Å². The second-order valence-electron chi connectivity index (χ2n) is 4.38. The lowest BCUT2D eigenvalue weighted by Crippen LogP contribution is -2.34. The van der Waals surface area contributed by atoms with Gasteiger partial charge in [0.15, 0.2) is 0 Å². The lowest BCUT2D eigenvalue weighted by molar-refractivity contribution is -0.124. The lowest BCUT2D eigenvalue weighted by Gasteiger charge is -2.19. The summed E-state index contributed by atoms with van der Waals surface area (Å²) in [6.45, 7) is 2.35. The molecule has 6 heteroatoms. The second kappa shape index (κ2) is 10.00. The van der Waals surface area contributed by atoms with E-state index in [0.717, 1.165) is 12.0 Å². The quantitative estimate of drug-likeness (QED) is 0.811. The number of carbonyl (C=O) groups excluding carboxylic acids is 1. The van der Waals surface area contributed by atoms with Crippen molar-refractivity contribution in [3.05, 3.63) is 34.9 Å². The Kier molecular flexibility index (Phi) is 9.59. The molecule has 3 N–H and O–H groups in total. The summed E-state index contributed by atoms with van der Waals surface area (Å²) in [4.78, 5) is 11.9. The third kappa shape index (κ3) is 6.09. The van der Waals surface area contributed by atoms with Gasteiger partial charge in [-0.1, -0.05) is 30.7 Å². The molecule has 1 amide bonds. The number of methoxy groups -OCH3 is 1. The fourth-order valence-electron chi connectivity index (χ4n) is 1.87. The zero-order chi connectivity index (χ0) is 14.3. The lowest BCUT2D eigenvalue weighted by atomic mass is 10.0. The van der Waals surface area contributed by atoms with Crippen LogP contribution in [0.1, 0.15) is 31.4 Å². The number of benzene rings is 1. The van der Waals surface area contributed by atoms with Crippen molar-refractivity contribution in [1.29, 1.82) is 0 Å². The molecule has 2 atom stereocenters. The Labute approximate surface area is 131 Å². The van der Waals surface area contributed by atoms with Crippen molar-refractivity contribution in [2.45, 2.75) is 31.9 Å². The van der Waals surface area contributed by atoms with Crippen molar-refractivity contribution >= 4 is 29.9 Å². The third-order valence-electron chi connectivity index (χ3n) is 3.00. The van der Waals surface area contributed by atoms with E-state index in [4.69, 9.17) is 22.1 Å². The maximum Gasteiger partial charge on any atom is 0.223 e. The number of rotatable bonds is 7. The fourth-order valence-corrected chi connectivity index (χ4v) is 2.07. The Morgan fingerprint density at radius 3 is 2.70 bits per heavy atom. The van der Waals surface area contributed by atoms with Crippen molar-refractivity contribution in [2.75, 3.05) is 13.7 Å². The van der Waals surface area contributed by atoms with Gasteiger partial charge in [-0.15, -0.1) is 12.4 Å². The predicted octanol–water partition coefficient (Wildman–Crippen LogP) is 2.69. The zero-order valence-corrected chi connectivity index (χ0v) is 13.3. The maximum atomic E-state index is 11.9. The highest BCUT2D eigenvalue weighted by atomic mass is 35.5. The van der Waals surface area contributed by atoms with Crippen LogP contribution in [-0.4, -0.2) is 25.7 Å². The summed E-state index contributed by atoms with van der Waals surface area (Å²) in [7, 11) is 1.55. The minimum absolute atomic E-state index is 0. The molecule has 1 rings (SSSR count). The van der Waals surface area contributed by atoms with Crippen LogP contribution in [0.3, 0.4) is 0 Å². The number of halogens is 2. The van der Waals surface area contributed by atoms with Crippen LogP contribution in [0.5, 0.6) is 0 Å². The molecule has 2 unspecified atom stereocenters. The molecule has 1 aromatic carbocycles. The van der Waals surface area contributed by atoms with E-state index < -0.39 is 0 Å². The van der Waals surface area contributed by atoms with Crippen molar-refractivity contribution in [3.63, 3.8) is 0 Å². The van der Waals surface area contributed by atoms with Gasteiger partial charge in [0.05, 0.1) is 18.6 Å². The fraction of sp³-hybridized carbons (Fsp3) is 0.500. The average molecular weight is 321 g/mol. The average Bonchev–Trinajstić information content (AvgIpc) is 2.42. The van der Waals surface area contributed by atoms with Crippen LogP contribution in [0.25, 0.3) is 0 Å². The second-order valence-corrected chi connectivity index (χ2v) is 4.82. The summed E-state index contributed by atoms with van der Waals surface area (Å²) >= 11 is 5.96. The number of nitrogens with one attached hydrogen (secondary N) is 1. The van der Waals surface area contributed by atoms with Gasteiger partial charge in [0.2, 0.25) is 5.91 Å². The topological polar surface area (TPSA) is 64.4 Å². The molecule has 114 valence electrons. The third-order valence-corrected chi connectivity index (χ3v) is 3.24. The molecule has 4 nitrogen and oxygen atoms in total. The number of hydrogen-bond donors (Lipinski definition) is 2.